The average Bonchev–Trinajstić information content (AvgIpc) is 2.97. The van der Waals surface area contributed by atoms with Gasteiger partial charge in [0.25, 0.3) is 0 Å². The molecular weight excluding hydrogens is 366 g/mol. The minimum atomic E-state index is -3.68. The van der Waals surface area contributed by atoms with Gasteiger partial charge in [-0.05, 0) is 51.7 Å². The van der Waals surface area contributed by atoms with E-state index in [2.05, 4.69) is 20.7 Å². The van der Waals surface area contributed by atoms with Gasteiger partial charge in [0, 0.05) is 12.1 Å². The number of hydrogen-bond acceptors (Lipinski definition) is 5. The molecule has 2 aromatic heterocycles. The lowest BCUT2D eigenvalue weighted by molar-refractivity contribution is 0.245. The summed E-state index contributed by atoms with van der Waals surface area (Å²) in [5.74, 6) is 0.197. The minimum absolute atomic E-state index is 0.00119. The summed E-state index contributed by atoms with van der Waals surface area (Å²) in [7, 11) is -3.68. The highest BCUT2D eigenvalue weighted by molar-refractivity contribution is 9.10. The van der Waals surface area contributed by atoms with Crippen LogP contribution in [0.2, 0.25) is 0 Å². The van der Waals surface area contributed by atoms with E-state index in [9.17, 15) is 8.42 Å². The molecule has 1 unspecified atom stereocenters. The molecule has 0 aliphatic rings. The Hall–Kier alpha value is -0.670. The van der Waals surface area contributed by atoms with Crippen molar-refractivity contribution in [2.75, 3.05) is 0 Å². The highest BCUT2D eigenvalue weighted by atomic mass is 79.9. The lowest BCUT2D eigenvalue weighted by atomic mass is 10.1. The molecule has 0 spiro atoms. The van der Waals surface area contributed by atoms with Crippen molar-refractivity contribution in [3.63, 3.8) is 0 Å². The third-order valence-corrected chi connectivity index (χ3v) is 5.81. The van der Waals surface area contributed by atoms with Crippen LogP contribution in [0, 0.1) is 0 Å². The van der Waals surface area contributed by atoms with Crippen molar-refractivity contribution >= 4 is 37.3 Å². The number of rotatable bonds is 6. The SMILES string of the molecule is CC(Cc1ccsc1)NS(=O)(=O)c1cc(CO)oc1Br. The zero-order valence-corrected chi connectivity index (χ0v) is 13.9. The van der Waals surface area contributed by atoms with Crippen LogP contribution in [0.5, 0.6) is 0 Å². The first-order valence-electron chi connectivity index (χ1n) is 5.85. The van der Waals surface area contributed by atoms with Crippen LogP contribution in [0.25, 0.3) is 0 Å². The van der Waals surface area contributed by atoms with Crippen molar-refractivity contribution in [2.45, 2.75) is 30.9 Å². The summed E-state index contributed by atoms with van der Waals surface area (Å²) >= 11 is 4.63. The summed E-state index contributed by atoms with van der Waals surface area (Å²) in [6.45, 7) is 1.45. The lowest BCUT2D eigenvalue weighted by Crippen LogP contribution is -2.34. The molecule has 1 atom stereocenters. The van der Waals surface area contributed by atoms with E-state index in [1.54, 1.807) is 18.3 Å². The average molecular weight is 380 g/mol. The van der Waals surface area contributed by atoms with Crippen molar-refractivity contribution in [2.24, 2.45) is 0 Å². The molecule has 110 valence electrons. The van der Waals surface area contributed by atoms with E-state index in [1.165, 1.54) is 6.07 Å². The van der Waals surface area contributed by atoms with Crippen LogP contribution in [0.4, 0.5) is 0 Å². The van der Waals surface area contributed by atoms with Crippen molar-refractivity contribution in [1.29, 1.82) is 0 Å². The van der Waals surface area contributed by atoms with E-state index in [-0.39, 0.29) is 28.0 Å². The summed E-state index contributed by atoms with van der Waals surface area (Å²) in [5, 5.41) is 12.9. The molecular formula is C12H14BrNO4S2. The number of aliphatic hydroxyl groups is 1. The fourth-order valence-electron chi connectivity index (χ4n) is 1.79. The van der Waals surface area contributed by atoms with Gasteiger partial charge in [-0.15, -0.1) is 0 Å². The van der Waals surface area contributed by atoms with Crippen LogP contribution in [0.15, 0.2) is 36.9 Å². The standard InChI is InChI=1S/C12H14BrNO4S2/c1-8(4-9-2-3-19-7-9)14-20(16,17)11-5-10(6-15)18-12(11)13/h2-3,5,7-8,14-15H,4,6H2,1H3. The molecule has 20 heavy (non-hydrogen) atoms. The number of halogens is 1. The maximum absolute atomic E-state index is 12.2. The topological polar surface area (TPSA) is 79.5 Å². The molecule has 0 aromatic carbocycles. The Morgan fingerprint density at radius 1 is 1.55 bits per heavy atom. The van der Waals surface area contributed by atoms with E-state index in [0.29, 0.717) is 6.42 Å². The van der Waals surface area contributed by atoms with Gasteiger partial charge in [-0.2, -0.15) is 11.3 Å². The minimum Gasteiger partial charge on any atom is -0.450 e. The number of thiophene rings is 1. The third kappa shape index (κ3) is 3.70. The summed E-state index contributed by atoms with van der Waals surface area (Å²) in [4.78, 5) is -0.00119. The number of aliphatic hydroxyl groups excluding tert-OH is 1. The van der Waals surface area contributed by atoms with E-state index >= 15 is 0 Å². The first-order chi connectivity index (χ1) is 9.42. The molecule has 0 saturated carbocycles. The van der Waals surface area contributed by atoms with Gasteiger partial charge in [-0.1, -0.05) is 0 Å². The predicted octanol–water partition coefficient (Wildman–Crippen LogP) is 2.51. The predicted molar refractivity (Wildman–Crippen MR) is 80.1 cm³/mol. The molecule has 0 aliphatic carbocycles. The molecule has 2 heterocycles. The molecule has 0 saturated heterocycles. The van der Waals surface area contributed by atoms with Crippen LogP contribution >= 0.6 is 27.3 Å². The van der Waals surface area contributed by atoms with Gasteiger partial charge in [-0.3, -0.25) is 0 Å². The largest absolute Gasteiger partial charge is 0.450 e. The molecule has 0 fully saturated rings. The first kappa shape index (κ1) is 15.7. The van der Waals surface area contributed by atoms with E-state index in [0.717, 1.165) is 5.56 Å². The van der Waals surface area contributed by atoms with Crippen molar-refractivity contribution in [3.8, 4) is 0 Å². The highest BCUT2D eigenvalue weighted by Gasteiger charge is 2.24. The van der Waals surface area contributed by atoms with E-state index in [4.69, 9.17) is 9.52 Å². The van der Waals surface area contributed by atoms with Crippen LogP contribution in [-0.2, 0) is 23.1 Å². The lowest BCUT2D eigenvalue weighted by Gasteiger charge is -2.12. The second kappa shape index (κ2) is 6.40. The van der Waals surface area contributed by atoms with Gasteiger partial charge in [0.15, 0.2) is 4.67 Å². The Kier molecular flexibility index (Phi) is 5.03. The molecule has 0 bridgehead atoms. The summed E-state index contributed by atoms with van der Waals surface area (Å²) < 4.78 is 32.3. The Balaban J connectivity index is 2.12. The molecule has 0 aliphatic heterocycles. The molecule has 0 radical (unpaired) electrons. The van der Waals surface area contributed by atoms with Crippen LogP contribution in [0.3, 0.4) is 0 Å². The highest BCUT2D eigenvalue weighted by Crippen LogP contribution is 2.26. The van der Waals surface area contributed by atoms with Crippen LogP contribution in [-0.4, -0.2) is 19.6 Å². The molecule has 2 rings (SSSR count). The zero-order chi connectivity index (χ0) is 14.8. The fourth-order valence-corrected chi connectivity index (χ4v) is 4.71. The Morgan fingerprint density at radius 2 is 2.30 bits per heavy atom. The fraction of sp³-hybridized carbons (Fsp3) is 0.333. The van der Waals surface area contributed by atoms with Gasteiger partial charge < -0.3 is 9.52 Å². The Bertz CT molecular complexity index is 664. The second-order valence-electron chi connectivity index (χ2n) is 4.37. The zero-order valence-electron chi connectivity index (χ0n) is 10.7. The maximum Gasteiger partial charge on any atom is 0.245 e. The molecule has 8 heteroatoms. The molecule has 0 amide bonds. The third-order valence-electron chi connectivity index (χ3n) is 2.63. The van der Waals surface area contributed by atoms with Gasteiger partial charge in [0.05, 0.1) is 0 Å². The summed E-state index contributed by atoms with van der Waals surface area (Å²) in [6.07, 6.45) is 0.616. The van der Waals surface area contributed by atoms with E-state index in [1.807, 2.05) is 16.8 Å². The summed E-state index contributed by atoms with van der Waals surface area (Å²) in [5.41, 5.74) is 1.09. The Morgan fingerprint density at radius 3 is 2.85 bits per heavy atom. The number of hydrogen-bond donors (Lipinski definition) is 2. The van der Waals surface area contributed by atoms with Crippen LogP contribution < -0.4 is 4.72 Å². The number of sulfonamides is 1. The van der Waals surface area contributed by atoms with Gasteiger partial charge in [0.1, 0.15) is 17.3 Å². The van der Waals surface area contributed by atoms with Crippen molar-refractivity contribution in [1.82, 2.24) is 4.72 Å². The molecule has 2 N–H and O–H groups in total. The number of nitrogens with one attached hydrogen (secondary N) is 1. The molecule has 5 nitrogen and oxygen atoms in total. The number of furan rings is 1. The quantitative estimate of drug-likeness (QED) is 0.807. The maximum atomic E-state index is 12.2. The first-order valence-corrected chi connectivity index (χ1v) is 9.06. The van der Waals surface area contributed by atoms with Gasteiger partial charge in [0.2, 0.25) is 10.0 Å². The smallest absolute Gasteiger partial charge is 0.245 e. The van der Waals surface area contributed by atoms with Crippen LogP contribution in [0.1, 0.15) is 18.2 Å². The van der Waals surface area contributed by atoms with Gasteiger partial charge in [-0.25, -0.2) is 13.1 Å². The second-order valence-corrected chi connectivity index (χ2v) is 7.55. The summed E-state index contributed by atoms with van der Waals surface area (Å²) in [6, 6.07) is 3.03. The van der Waals surface area contributed by atoms with E-state index < -0.39 is 10.0 Å². The van der Waals surface area contributed by atoms with Crippen molar-refractivity contribution < 1.29 is 17.9 Å². The van der Waals surface area contributed by atoms with Crippen molar-refractivity contribution in [3.05, 3.63) is 38.9 Å². The van der Waals surface area contributed by atoms with Gasteiger partial charge >= 0.3 is 0 Å². The molecule has 2 aromatic rings. The monoisotopic (exact) mass is 379 g/mol. The Labute approximate surface area is 129 Å². The normalized spacial score (nSPS) is 13.6.